The first-order chi connectivity index (χ1) is 12.4. The highest BCUT2D eigenvalue weighted by Crippen LogP contribution is 2.32. The van der Waals surface area contributed by atoms with Gasteiger partial charge < -0.3 is 5.32 Å². The molecule has 1 saturated carbocycles. The number of carbonyl (C=O) groups is 1. The number of rotatable bonds is 7. The first kappa shape index (κ1) is 18.5. The van der Waals surface area contributed by atoms with Crippen molar-refractivity contribution in [1.29, 1.82) is 0 Å². The summed E-state index contributed by atoms with van der Waals surface area (Å²) in [6.07, 6.45) is 2.27. The normalized spacial score (nSPS) is 15.3. The number of nitrogens with one attached hydrogen (secondary N) is 1. The fourth-order valence-corrected chi connectivity index (χ4v) is 4.53. The summed E-state index contributed by atoms with van der Waals surface area (Å²) in [5, 5.41) is 2.96. The molecule has 0 spiro atoms. The Morgan fingerprint density at radius 2 is 1.85 bits per heavy atom. The Balaban J connectivity index is 1.87. The molecule has 0 aromatic heterocycles. The van der Waals surface area contributed by atoms with E-state index in [9.17, 15) is 13.2 Å². The maximum absolute atomic E-state index is 13.1. The van der Waals surface area contributed by atoms with Crippen LogP contribution in [-0.2, 0) is 10.0 Å². The van der Waals surface area contributed by atoms with Crippen molar-refractivity contribution in [3.63, 3.8) is 0 Å². The fraction of sp³-hybridized carbons (Fsp3) is 0.350. The molecule has 1 amide bonds. The van der Waals surface area contributed by atoms with Crippen LogP contribution in [0.15, 0.2) is 59.5 Å². The number of hydrogen-bond acceptors (Lipinski definition) is 3. The van der Waals surface area contributed by atoms with Gasteiger partial charge in [-0.05, 0) is 62.9 Å². The standard InChI is InChI=1S/C20H24N2O3S/c1-3-22(18-9-5-4-6-10-18)26(24,25)19-11-7-8-17(14-19)20(23)21-15(2)16-12-13-16/h4-11,14-16H,3,12-13H2,1-2H3,(H,21,23). The van der Waals surface area contributed by atoms with Gasteiger partial charge in [-0.15, -0.1) is 0 Å². The Labute approximate surface area is 155 Å². The summed E-state index contributed by atoms with van der Waals surface area (Å²) in [5.74, 6) is 0.309. The topological polar surface area (TPSA) is 66.5 Å². The van der Waals surface area contributed by atoms with Gasteiger partial charge in [0.05, 0.1) is 10.6 Å². The van der Waals surface area contributed by atoms with Gasteiger partial charge >= 0.3 is 0 Å². The number of para-hydroxylation sites is 1. The second-order valence-corrected chi connectivity index (χ2v) is 8.50. The van der Waals surface area contributed by atoms with E-state index in [0.717, 1.165) is 12.8 Å². The van der Waals surface area contributed by atoms with Crippen LogP contribution in [-0.4, -0.2) is 26.9 Å². The van der Waals surface area contributed by atoms with Gasteiger partial charge in [-0.25, -0.2) is 8.42 Å². The first-order valence-corrected chi connectivity index (χ1v) is 10.4. The zero-order valence-electron chi connectivity index (χ0n) is 15.1. The van der Waals surface area contributed by atoms with Crippen molar-refractivity contribution in [3.8, 4) is 0 Å². The molecule has 0 heterocycles. The zero-order valence-corrected chi connectivity index (χ0v) is 15.9. The molecule has 1 fully saturated rings. The summed E-state index contributed by atoms with van der Waals surface area (Å²) in [7, 11) is -3.74. The minimum Gasteiger partial charge on any atom is -0.349 e. The van der Waals surface area contributed by atoms with E-state index in [0.29, 0.717) is 23.7 Å². The van der Waals surface area contributed by atoms with Crippen LogP contribution < -0.4 is 9.62 Å². The first-order valence-electron chi connectivity index (χ1n) is 8.92. The summed E-state index contributed by atoms with van der Waals surface area (Å²) in [4.78, 5) is 12.6. The lowest BCUT2D eigenvalue weighted by Gasteiger charge is -2.23. The van der Waals surface area contributed by atoms with Crippen molar-refractivity contribution in [2.75, 3.05) is 10.8 Å². The molecule has 1 aliphatic rings. The van der Waals surface area contributed by atoms with E-state index < -0.39 is 10.0 Å². The molecule has 5 nitrogen and oxygen atoms in total. The van der Waals surface area contributed by atoms with Crippen molar-refractivity contribution in [2.45, 2.75) is 37.6 Å². The van der Waals surface area contributed by atoms with E-state index in [1.165, 1.54) is 16.4 Å². The van der Waals surface area contributed by atoms with Crippen LogP contribution in [0.1, 0.15) is 37.0 Å². The highest BCUT2D eigenvalue weighted by atomic mass is 32.2. The Kier molecular flexibility index (Phi) is 5.32. The minimum atomic E-state index is -3.74. The van der Waals surface area contributed by atoms with Crippen LogP contribution in [0.5, 0.6) is 0 Å². The number of sulfonamides is 1. The molecule has 0 aliphatic heterocycles. The molecule has 2 aromatic carbocycles. The second-order valence-electron chi connectivity index (χ2n) is 6.63. The second kappa shape index (κ2) is 7.50. The third-order valence-electron chi connectivity index (χ3n) is 4.70. The molecular weight excluding hydrogens is 348 g/mol. The Morgan fingerprint density at radius 1 is 1.15 bits per heavy atom. The van der Waals surface area contributed by atoms with Crippen LogP contribution in [0, 0.1) is 5.92 Å². The number of benzene rings is 2. The molecule has 1 atom stereocenters. The molecule has 0 bridgehead atoms. The van der Waals surface area contributed by atoms with Gasteiger partial charge in [0.25, 0.3) is 15.9 Å². The molecule has 2 aromatic rings. The van der Waals surface area contributed by atoms with Crippen LogP contribution in [0.3, 0.4) is 0 Å². The minimum absolute atomic E-state index is 0.110. The van der Waals surface area contributed by atoms with Gasteiger partial charge in [0.2, 0.25) is 0 Å². The average Bonchev–Trinajstić information content (AvgIpc) is 3.48. The van der Waals surface area contributed by atoms with Gasteiger partial charge in [0.1, 0.15) is 0 Å². The summed E-state index contributed by atoms with van der Waals surface area (Å²) in [6.45, 7) is 4.09. The van der Waals surface area contributed by atoms with Gasteiger partial charge in [0, 0.05) is 18.2 Å². The smallest absolute Gasteiger partial charge is 0.264 e. The monoisotopic (exact) mass is 372 g/mol. The summed E-state index contributed by atoms with van der Waals surface area (Å²) in [6, 6.07) is 15.3. The van der Waals surface area contributed by atoms with Gasteiger partial charge in [-0.2, -0.15) is 0 Å². The predicted octanol–water partition coefficient (Wildman–Crippen LogP) is 3.43. The van der Waals surface area contributed by atoms with E-state index in [-0.39, 0.29) is 16.8 Å². The van der Waals surface area contributed by atoms with Crippen LogP contribution in [0.25, 0.3) is 0 Å². The molecule has 1 unspecified atom stereocenters. The van der Waals surface area contributed by atoms with Crippen LogP contribution >= 0.6 is 0 Å². The largest absolute Gasteiger partial charge is 0.349 e. The number of hydrogen-bond donors (Lipinski definition) is 1. The van der Waals surface area contributed by atoms with E-state index >= 15 is 0 Å². The van der Waals surface area contributed by atoms with Crippen molar-refractivity contribution < 1.29 is 13.2 Å². The lowest BCUT2D eigenvalue weighted by Crippen LogP contribution is -2.34. The average molecular weight is 372 g/mol. The van der Waals surface area contributed by atoms with Crippen LogP contribution in [0.4, 0.5) is 5.69 Å². The third-order valence-corrected chi connectivity index (χ3v) is 6.60. The third kappa shape index (κ3) is 3.90. The lowest BCUT2D eigenvalue weighted by atomic mass is 10.1. The summed E-state index contributed by atoms with van der Waals surface area (Å²) >= 11 is 0. The molecular formula is C20H24N2O3S. The number of nitrogens with zero attached hydrogens (tertiary/aromatic N) is 1. The van der Waals surface area contributed by atoms with E-state index in [4.69, 9.17) is 0 Å². The van der Waals surface area contributed by atoms with Crippen molar-refractivity contribution in [3.05, 3.63) is 60.2 Å². The van der Waals surface area contributed by atoms with Crippen molar-refractivity contribution in [1.82, 2.24) is 5.32 Å². The summed E-state index contributed by atoms with van der Waals surface area (Å²) < 4.78 is 27.5. The van der Waals surface area contributed by atoms with Gasteiger partial charge in [-0.3, -0.25) is 9.10 Å². The predicted molar refractivity (Wildman–Crippen MR) is 103 cm³/mol. The summed E-state index contributed by atoms with van der Waals surface area (Å²) in [5.41, 5.74) is 0.967. The van der Waals surface area contributed by atoms with E-state index in [2.05, 4.69) is 5.32 Å². The Hall–Kier alpha value is -2.34. The van der Waals surface area contributed by atoms with Crippen molar-refractivity contribution >= 4 is 21.6 Å². The van der Waals surface area contributed by atoms with Crippen LogP contribution in [0.2, 0.25) is 0 Å². The number of amides is 1. The number of anilines is 1. The quantitative estimate of drug-likeness (QED) is 0.810. The molecule has 0 saturated heterocycles. The molecule has 26 heavy (non-hydrogen) atoms. The van der Waals surface area contributed by atoms with E-state index in [1.54, 1.807) is 43.3 Å². The maximum atomic E-state index is 13.1. The number of carbonyl (C=O) groups excluding carboxylic acids is 1. The highest BCUT2D eigenvalue weighted by molar-refractivity contribution is 7.92. The Bertz CT molecular complexity index is 877. The lowest BCUT2D eigenvalue weighted by molar-refractivity contribution is 0.0935. The van der Waals surface area contributed by atoms with Gasteiger partial charge in [0.15, 0.2) is 0 Å². The van der Waals surface area contributed by atoms with Crippen molar-refractivity contribution in [2.24, 2.45) is 5.92 Å². The molecule has 1 aliphatic carbocycles. The maximum Gasteiger partial charge on any atom is 0.264 e. The zero-order chi connectivity index (χ0) is 18.7. The molecule has 0 radical (unpaired) electrons. The Morgan fingerprint density at radius 3 is 2.46 bits per heavy atom. The SMILES string of the molecule is CCN(c1ccccc1)S(=O)(=O)c1cccc(C(=O)NC(C)C2CC2)c1. The highest BCUT2D eigenvalue weighted by Gasteiger charge is 2.29. The molecule has 138 valence electrons. The molecule has 3 rings (SSSR count). The van der Waals surface area contributed by atoms with E-state index in [1.807, 2.05) is 13.0 Å². The molecule has 6 heteroatoms. The van der Waals surface area contributed by atoms with Gasteiger partial charge in [-0.1, -0.05) is 24.3 Å². The molecule has 1 N–H and O–H groups in total. The fourth-order valence-electron chi connectivity index (χ4n) is 3.01.